The minimum absolute atomic E-state index is 0.195. The van der Waals surface area contributed by atoms with Gasteiger partial charge >= 0.3 is 0 Å². The predicted octanol–water partition coefficient (Wildman–Crippen LogP) is 1.15. The zero-order chi connectivity index (χ0) is 18.0. The summed E-state index contributed by atoms with van der Waals surface area (Å²) in [5, 5.41) is 11.2. The second-order valence-electron chi connectivity index (χ2n) is 6.97. The minimum Gasteiger partial charge on any atom is -0.493 e. The van der Waals surface area contributed by atoms with Crippen LogP contribution >= 0.6 is 11.6 Å². The molecule has 2 aliphatic heterocycles. The molecule has 0 unspecified atom stereocenters. The maximum Gasteiger partial charge on any atom is 0.165 e. The highest BCUT2D eigenvalue weighted by Crippen LogP contribution is 2.35. The van der Waals surface area contributed by atoms with Crippen LogP contribution in [-0.4, -0.2) is 92.5 Å². The summed E-state index contributed by atoms with van der Waals surface area (Å²) in [5.74, 6) is 1.35. The number of likely N-dealkylation sites (N-methyl/N-ethyl adjacent to an activating group) is 1. The number of aliphatic hydroxyl groups is 1. The minimum atomic E-state index is -0.324. The van der Waals surface area contributed by atoms with Gasteiger partial charge in [-0.15, -0.1) is 0 Å². The first-order chi connectivity index (χ1) is 12.0. The van der Waals surface area contributed by atoms with Crippen molar-refractivity contribution in [2.24, 2.45) is 0 Å². The quantitative estimate of drug-likeness (QED) is 0.840. The SMILES string of the molecule is COc1cc(Cl)cc(CN2C[C@H](O)[C@@H](N3CCN(C)CC3)C2)c1OC. The molecule has 0 aliphatic carbocycles. The number of piperazine rings is 1. The van der Waals surface area contributed by atoms with Gasteiger partial charge in [0.25, 0.3) is 0 Å². The Kier molecular flexibility index (Phi) is 6.07. The van der Waals surface area contributed by atoms with Gasteiger partial charge in [-0.25, -0.2) is 0 Å². The van der Waals surface area contributed by atoms with Gasteiger partial charge in [-0.3, -0.25) is 9.80 Å². The largest absolute Gasteiger partial charge is 0.493 e. The molecule has 0 amide bonds. The molecule has 25 heavy (non-hydrogen) atoms. The van der Waals surface area contributed by atoms with Crippen LogP contribution in [0.2, 0.25) is 5.02 Å². The maximum absolute atomic E-state index is 10.6. The average Bonchev–Trinajstić information content (AvgIpc) is 2.95. The van der Waals surface area contributed by atoms with Crippen molar-refractivity contribution in [3.63, 3.8) is 0 Å². The molecule has 1 aromatic carbocycles. The Balaban J connectivity index is 1.69. The van der Waals surface area contributed by atoms with E-state index in [-0.39, 0.29) is 12.1 Å². The molecule has 0 saturated carbocycles. The van der Waals surface area contributed by atoms with Crippen LogP contribution in [0.1, 0.15) is 5.56 Å². The normalized spacial score (nSPS) is 26.1. The fourth-order valence-corrected chi connectivity index (χ4v) is 4.08. The number of benzene rings is 1. The molecule has 2 fully saturated rings. The lowest BCUT2D eigenvalue weighted by Crippen LogP contribution is -2.52. The van der Waals surface area contributed by atoms with Crippen molar-refractivity contribution in [2.75, 3.05) is 60.5 Å². The van der Waals surface area contributed by atoms with Crippen molar-refractivity contribution < 1.29 is 14.6 Å². The van der Waals surface area contributed by atoms with Gasteiger partial charge in [0.05, 0.1) is 20.3 Å². The lowest BCUT2D eigenvalue weighted by Gasteiger charge is -2.37. The van der Waals surface area contributed by atoms with E-state index in [0.717, 1.165) is 38.3 Å². The molecule has 0 bridgehead atoms. The van der Waals surface area contributed by atoms with Crippen LogP contribution in [-0.2, 0) is 6.54 Å². The topological polar surface area (TPSA) is 48.4 Å². The number of β-amino-alcohol motifs (C(OH)–C–C–N with tert-alkyl or cyclic N) is 1. The summed E-state index contributed by atoms with van der Waals surface area (Å²) in [6.07, 6.45) is -0.324. The predicted molar refractivity (Wildman–Crippen MR) is 98.7 cm³/mol. The van der Waals surface area contributed by atoms with Crippen molar-refractivity contribution in [3.05, 3.63) is 22.7 Å². The van der Waals surface area contributed by atoms with E-state index in [4.69, 9.17) is 21.1 Å². The Labute approximate surface area is 154 Å². The van der Waals surface area contributed by atoms with Gasteiger partial charge in [-0.2, -0.15) is 0 Å². The van der Waals surface area contributed by atoms with E-state index in [2.05, 4.69) is 21.7 Å². The Morgan fingerprint density at radius 3 is 2.48 bits per heavy atom. The third-order valence-corrected chi connectivity index (χ3v) is 5.47. The number of aliphatic hydroxyl groups excluding tert-OH is 1. The molecule has 2 atom stereocenters. The van der Waals surface area contributed by atoms with Gasteiger partial charge in [-0.1, -0.05) is 11.6 Å². The second kappa shape index (κ2) is 8.10. The van der Waals surface area contributed by atoms with Crippen molar-refractivity contribution >= 4 is 11.6 Å². The highest BCUT2D eigenvalue weighted by molar-refractivity contribution is 6.30. The molecule has 2 heterocycles. The molecule has 140 valence electrons. The number of likely N-dealkylation sites (tertiary alicyclic amines) is 1. The van der Waals surface area contributed by atoms with Crippen LogP contribution in [0, 0.1) is 0 Å². The Bertz CT molecular complexity index is 593. The van der Waals surface area contributed by atoms with E-state index in [1.807, 2.05) is 6.07 Å². The molecule has 1 aromatic rings. The summed E-state index contributed by atoms with van der Waals surface area (Å²) < 4.78 is 10.9. The molecule has 2 saturated heterocycles. The van der Waals surface area contributed by atoms with Crippen LogP contribution in [0.5, 0.6) is 11.5 Å². The molecule has 3 rings (SSSR count). The summed E-state index contributed by atoms with van der Waals surface area (Å²) in [4.78, 5) is 7.01. The van der Waals surface area contributed by atoms with E-state index >= 15 is 0 Å². The smallest absolute Gasteiger partial charge is 0.165 e. The van der Waals surface area contributed by atoms with Crippen LogP contribution in [0.15, 0.2) is 12.1 Å². The zero-order valence-corrected chi connectivity index (χ0v) is 16.0. The second-order valence-corrected chi connectivity index (χ2v) is 7.40. The van der Waals surface area contributed by atoms with Crippen molar-refractivity contribution in [2.45, 2.75) is 18.7 Å². The Morgan fingerprint density at radius 1 is 1.12 bits per heavy atom. The van der Waals surface area contributed by atoms with E-state index in [9.17, 15) is 5.11 Å². The Morgan fingerprint density at radius 2 is 1.84 bits per heavy atom. The van der Waals surface area contributed by atoms with Gasteiger partial charge in [-0.05, 0) is 13.1 Å². The molecule has 0 radical (unpaired) electrons. The molecule has 0 aromatic heterocycles. The fraction of sp³-hybridized carbons (Fsp3) is 0.667. The summed E-state index contributed by atoms with van der Waals surface area (Å²) in [5.41, 5.74) is 0.984. The molecular weight excluding hydrogens is 342 g/mol. The number of rotatable bonds is 5. The lowest BCUT2D eigenvalue weighted by atomic mass is 10.1. The highest BCUT2D eigenvalue weighted by atomic mass is 35.5. The Hall–Kier alpha value is -1.05. The molecule has 0 spiro atoms. The number of hydrogen-bond donors (Lipinski definition) is 1. The zero-order valence-electron chi connectivity index (χ0n) is 15.2. The van der Waals surface area contributed by atoms with Gasteiger partial charge < -0.3 is 19.5 Å². The van der Waals surface area contributed by atoms with Crippen LogP contribution in [0.3, 0.4) is 0 Å². The summed E-state index contributed by atoms with van der Waals surface area (Å²) >= 11 is 6.22. The molecule has 6 nitrogen and oxygen atoms in total. The van der Waals surface area contributed by atoms with Gasteiger partial charge in [0.2, 0.25) is 0 Å². The number of nitrogens with zero attached hydrogens (tertiary/aromatic N) is 3. The number of ether oxygens (including phenoxy) is 2. The first-order valence-corrected chi connectivity index (χ1v) is 9.13. The lowest BCUT2D eigenvalue weighted by molar-refractivity contribution is 0.0512. The average molecular weight is 370 g/mol. The third-order valence-electron chi connectivity index (χ3n) is 5.26. The molecule has 1 N–H and O–H groups in total. The highest BCUT2D eigenvalue weighted by Gasteiger charge is 2.36. The van der Waals surface area contributed by atoms with Crippen LogP contribution in [0.25, 0.3) is 0 Å². The summed E-state index contributed by atoms with van der Waals surface area (Å²) in [6.45, 7) is 6.34. The maximum atomic E-state index is 10.6. The van der Waals surface area contributed by atoms with E-state index in [1.54, 1.807) is 20.3 Å². The van der Waals surface area contributed by atoms with Crippen molar-refractivity contribution in [3.8, 4) is 11.5 Å². The standard InChI is InChI=1S/C18H28ClN3O3/c1-20-4-6-22(7-5-20)15-11-21(12-16(15)23)10-13-8-14(19)9-17(24-2)18(13)25-3/h8-9,15-16,23H,4-7,10-12H2,1-3H3/t15-,16-/m0/s1. The van der Waals surface area contributed by atoms with E-state index in [1.165, 1.54) is 0 Å². The fourth-order valence-electron chi connectivity index (χ4n) is 3.85. The van der Waals surface area contributed by atoms with Gasteiger partial charge in [0.15, 0.2) is 11.5 Å². The van der Waals surface area contributed by atoms with Crippen LogP contribution in [0.4, 0.5) is 0 Å². The monoisotopic (exact) mass is 369 g/mol. The van der Waals surface area contributed by atoms with Gasteiger partial charge in [0.1, 0.15) is 0 Å². The number of hydrogen-bond acceptors (Lipinski definition) is 6. The third kappa shape index (κ3) is 4.20. The van der Waals surface area contributed by atoms with Crippen molar-refractivity contribution in [1.29, 1.82) is 0 Å². The number of halogens is 1. The number of methoxy groups -OCH3 is 2. The van der Waals surface area contributed by atoms with Crippen LogP contribution < -0.4 is 9.47 Å². The van der Waals surface area contributed by atoms with E-state index in [0.29, 0.717) is 29.6 Å². The van der Waals surface area contributed by atoms with Gasteiger partial charge in [0, 0.05) is 68.5 Å². The van der Waals surface area contributed by atoms with Crippen molar-refractivity contribution in [1.82, 2.24) is 14.7 Å². The first-order valence-electron chi connectivity index (χ1n) is 8.75. The summed E-state index contributed by atoms with van der Waals surface area (Å²) in [6, 6.07) is 3.87. The molecular formula is C18H28ClN3O3. The molecule has 7 heteroatoms. The summed E-state index contributed by atoms with van der Waals surface area (Å²) in [7, 11) is 5.40. The van der Waals surface area contributed by atoms with E-state index < -0.39 is 0 Å². The first kappa shape index (κ1) is 18.7. The molecule has 2 aliphatic rings.